The van der Waals surface area contributed by atoms with Gasteiger partial charge < -0.3 is 16.4 Å². The number of pyridine rings is 1. The highest BCUT2D eigenvalue weighted by atomic mass is 16.2. The van der Waals surface area contributed by atoms with Crippen molar-refractivity contribution in [1.82, 2.24) is 15.6 Å². The molecule has 0 bridgehead atoms. The van der Waals surface area contributed by atoms with Crippen LogP contribution in [0, 0.1) is 5.92 Å². The Balaban J connectivity index is 2.33. The molecule has 0 aliphatic carbocycles. The van der Waals surface area contributed by atoms with Crippen LogP contribution in [0.25, 0.3) is 0 Å². The molecule has 1 aromatic rings. The van der Waals surface area contributed by atoms with Crippen molar-refractivity contribution in [3.05, 3.63) is 23.9 Å². The van der Waals surface area contributed by atoms with Crippen LogP contribution < -0.4 is 21.3 Å². The average Bonchev–Trinajstić information content (AvgIpc) is 2.97. The van der Waals surface area contributed by atoms with E-state index in [9.17, 15) is 14.4 Å². The molecule has 0 fully saturated rings. The van der Waals surface area contributed by atoms with Crippen LogP contribution in [0.2, 0.25) is 0 Å². The molecule has 8 heteroatoms. The van der Waals surface area contributed by atoms with Gasteiger partial charge in [0.2, 0.25) is 11.8 Å². The van der Waals surface area contributed by atoms with Crippen LogP contribution in [0.3, 0.4) is 0 Å². The summed E-state index contributed by atoms with van der Waals surface area (Å²) in [7, 11) is 1.67. The first-order chi connectivity index (χ1) is 11.8. The van der Waals surface area contributed by atoms with Crippen molar-refractivity contribution in [1.29, 1.82) is 0 Å². The van der Waals surface area contributed by atoms with Gasteiger partial charge in [-0.15, -0.1) is 0 Å². The molecule has 8 nitrogen and oxygen atoms in total. The molecule has 1 aliphatic heterocycles. The van der Waals surface area contributed by atoms with Crippen molar-refractivity contribution >= 4 is 23.5 Å². The third-order valence-corrected chi connectivity index (χ3v) is 4.44. The summed E-state index contributed by atoms with van der Waals surface area (Å²) >= 11 is 0. The lowest BCUT2D eigenvalue weighted by Crippen LogP contribution is -2.58. The Labute approximate surface area is 147 Å². The SMILES string of the molecule is CN[C@@H](C)C(=O)N[C@H](C(=O)N1c2ncccc2CC1C(N)=O)C(C)C. The fraction of sp³-hybridized carbons (Fsp3) is 0.529. The summed E-state index contributed by atoms with van der Waals surface area (Å²) in [4.78, 5) is 42.8. The lowest BCUT2D eigenvalue weighted by atomic mass is 10.0. The Hall–Kier alpha value is -2.48. The average molecular weight is 347 g/mol. The first kappa shape index (κ1) is 18.9. The molecule has 25 heavy (non-hydrogen) atoms. The number of nitrogens with one attached hydrogen (secondary N) is 2. The van der Waals surface area contributed by atoms with Gasteiger partial charge in [-0.05, 0) is 31.5 Å². The van der Waals surface area contributed by atoms with Crippen LogP contribution in [-0.4, -0.2) is 47.9 Å². The van der Waals surface area contributed by atoms with E-state index in [1.54, 1.807) is 26.2 Å². The first-order valence-corrected chi connectivity index (χ1v) is 8.31. The topological polar surface area (TPSA) is 117 Å². The number of rotatable bonds is 6. The fourth-order valence-electron chi connectivity index (χ4n) is 2.81. The van der Waals surface area contributed by atoms with Gasteiger partial charge in [0.05, 0.1) is 6.04 Å². The second-order valence-corrected chi connectivity index (χ2v) is 6.56. The second kappa shape index (κ2) is 7.60. The van der Waals surface area contributed by atoms with Crippen molar-refractivity contribution in [2.75, 3.05) is 11.9 Å². The van der Waals surface area contributed by atoms with Crippen molar-refractivity contribution in [2.45, 2.75) is 45.3 Å². The Kier molecular flexibility index (Phi) is 5.73. The summed E-state index contributed by atoms with van der Waals surface area (Å²) < 4.78 is 0. The first-order valence-electron chi connectivity index (χ1n) is 8.31. The van der Waals surface area contributed by atoms with Crippen LogP contribution in [0.4, 0.5) is 5.82 Å². The van der Waals surface area contributed by atoms with E-state index >= 15 is 0 Å². The zero-order valence-electron chi connectivity index (χ0n) is 14.9. The van der Waals surface area contributed by atoms with E-state index in [0.29, 0.717) is 12.2 Å². The number of carbonyl (C=O) groups is 3. The van der Waals surface area contributed by atoms with Gasteiger partial charge in [-0.1, -0.05) is 19.9 Å². The van der Waals surface area contributed by atoms with E-state index in [-0.39, 0.29) is 17.7 Å². The van der Waals surface area contributed by atoms with Gasteiger partial charge in [0.1, 0.15) is 17.9 Å². The molecule has 2 heterocycles. The number of primary amides is 1. The van der Waals surface area contributed by atoms with Crippen LogP contribution in [0.5, 0.6) is 0 Å². The van der Waals surface area contributed by atoms with E-state index in [0.717, 1.165) is 5.56 Å². The van der Waals surface area contributed by atoms with Gasteiger partial charge >= 0.3 is 0 Å². The summed E-state index contributed by atoms with van der Waals surface area (Å²) in [5.74, 6) is -0.998. The lowest BCUT2D eigenvalue weighted by Gasteiger charge is -2.30. The van der Waals surface area contributed by atoms with Gasteiger partial charge in [0, 0.05) is 12.6 Å². The van der Waals surface area contributed by atoms with E-state index in [2.05, 4.69) is 15.6 Å². The molecule has 4 N–H and O–H groups in total. The number of nitrogens with two attached hydrogens (primary N) is 1. The predicted octanol–water partition coefficient (Wildman–Crippen LogP) is -0.427. The van der Waals surface area contributed by atoms with Crippen LogP contribution >= 0.6 is 0 Å². The summed E-state index contributed by atoms with van der Waals surface area (Å²) in [6.07, 6.45) is 1.89. The van der Waals surface area contributed by atoms with E-state index in [4.69, 9.17) is 5.73 Å². The molecular formula is C17H25N5O3. The maximum absolute atomic E-state index is 13.2. The minimum Gasteiger partial charge on any atom is -0.368 e. The zero-order chi connectivity index (χ0) is 18.7. The predicted molar refractivity (Wildman–Crippen MR) is 93.7 cm³/mol. The second-order valence-electron chi connectivity index (χ2n) is 6.56. The highest BCUT2D eigenvalue weighted by Gasteiger charge is 2.42. The quantitative estimate of drug-likeness (QED) is 0.646. The molecule has 0 spiro atoms. The monoisotopic (exact) mass is 347 g/mol. The molecule has 3 atom stereocenters. The molecule has 1 aliphatic rings. The van der Waals surface area contributed by atoms with E-state index in [1.807, 2.05) is 19.9 Å². The van der Waals surface area contributed by atoms with Crippen LogP contribution in [0.15, 0.2) is 18.3 Å². The normalized spacial score (nSPS) is 18.6. The molecule has 3 amide bonds. The lowest BCUT2D eigenvalue weighted by molar-refractivity contribution is -0.130. The van der Waals surface area contributed by atoms with E-state index < -0.39 is 24.0 Å². The summed E-state index contributed by atoms with van der Waals surface area (Å²) in [6.45, 7) is 5.37. The minimum atomic E-state index is -0.794. The maximum atomic E-state index is 13.2. The molecular weight excluding hydrogens is 322 g/mol. The van der Waals surface area contributed by atoms with Crippen molar-refractivity contribution < 1.29 is 14.4 Å². The molecule has 2 rings (SSSR count). The Morgan fingerprint density at radius 2 is 2.00 bits per heavy atom. The number of carbonyl (C=O) groups excluding carboxylic acids is 3. The number of hydrogen-bond acceptors (Lipinski definition) is 5. The molecule has 0 saturated heterocycles. The Morgan fingerprint density at radius 3 is 2.56 bits per heavy atom. The molecule has 136 valence electrons. The fourth-order valence-corrected chi connectivity index (χ4v) is 2.81. The van der Waals surface area contributed by atoms with Crippen molar-refractivity contribution in [3.63, 3.8) is 0 Å². The van der Waals surface area contributed by atoms with Crippen molar-refractivity contribution in [3.8, 4) is 0 Å². The molecule has 0 aromatic carbocycles. The third-order valence-electron chi connectivity index (χ3n) is 4.44. The number of aromatic nitrogens is 1. The third kappa shape index (κ3) is 3.79. The van der Waals surface area contributed by atoms with Crippen LogP contribution in [-0.2, 0) is 20.8 Å². The van der Waals surface area contributed by atoms with E-state index in [1.165, 1.54) is 4.90 Å². The maximum Gasteiger partial charge on any atom is 0.251 e. The van der Waals surface area contributed by atoms with Crippen molar-refractivity contribution in [2.24, 2.45) is 11.7 Å². The summed E-state index contributed by atoms with van der Waals surface area (Å²) in [5.41, 5.74) is 6.28. The molecule has 0 saturated carbocycles. The Bertz CT molecular complexity index is 676. The molecule has 0 radical (unpaired) electrons. The van der Waals surface area contributed by atoms with Gasteiger partial charge in [-0.2, -0.15) is 0 Å². The van der Waals surface area contributed by atoms with Crippen LogP contribution in [0.1, 0.15) is 26.3 Å². The number of fused-ring (bicyclic) bond motifs is 1. The highest BCUT2D eigenvalue weighted by molar-refractivity contribution is 6.05. The number of nitrogens with zero attached hydrogens (tertiary/aromatic N) is 2. The smallest absolute Gasteiger partial charge is 0.251 e. The van der Waals surface area contributed by atoms with Gasteiger partial charge in [0.15, 0.2) is 0 Å². The number of likely N-dealkylation sites (N-methyl/N-ethyl adjacent to an activating group) is 1. The minimum absolute atomic E-state index is 0.165. The van der Waals surface area contributed by atoms with Gasteiger partial charge in [-0.3, -0.25) is 19.3 Å². The number of hydrogen-bond donors (Lipinski definition) is 3. The van der Waals surface area contributed by atoms with Gasteiger partial charge in [0.25, 0.3) is 5.91 Å². The summed E-state index contributed by atoms with van der Waals surface area (Å²) in [5, 5.41) is 5.60. The largest absolute Gasteiger partial charge is 0.368 e. The molecule has 1 unspecified atom stereocenters. The zero-order valence-corrected chi connectivity index (χ0v) is 14.9. The molecule has 1 aromatic heterocycles. The number of anilines is 1. The highest BCUT2D eigenvalue weighted by Crippen LogP contribution is 2.31. The van der Waals surface area contributed by atoms with Gasteiger partial charge in [-0.25, -0.2) is 4.98 Å². The Morgan fingerprint density at radius 1 is 1.32 bits per heavy atom. The summed E-state index contributed by atoms with van der Waals surface area (Å²) in [6, 6.07) is 1.55. The standard InChI is InChI=1S/C17H25N5O3/c1-9(2)13(21-16(24)10(3)19-4)17(25)22-12(14(18)23)8-11-6-5-7-20-15(11)22/h5-7,9-10,12-13,19H,8H2,1-4H3,(H2,18,23)(H,21,24)/t10-,12?,13-/m0/s1. The number of amides is 3.